The number of hydrogen-bond acceptors (Lipinski definition) is 6. The number of benzene rings is 1. The summed E-state index contributed by atoms with van der Waals surface area (Å²) in [5, 5.41) is 10.4. The Balaban J connectivity index is 2.48. The molecule has 0 spiro atoms. The Morgan fingerprint density at radius 2 is 1.89 bits per heavy atom. The minimum absolute atomic E-state index is 0.0580. The van der Waals surface area contributed by atoms with Gasteiger partial charge in [-0.3, -0.25) is 19.1 Å². The smallest absolute Gasteiger partial charge is 0.269 e. The van der Waals surface area contributed by atoms with Gasteiger partial charge in [0.15, 0.2) is 5.78 Å². The summed E-state index contributed by atoms with van der Waals surface area (Å²) in [6, 6.07) is 5.25. The average molecular weight is 287 g/mol. The molecule has 0 aliphatic carbocycles. The summed E-state index contributed by atoms with van der Waals surface area (Å²) in [7, 11) is -3.49. The maximum absolute atomic E-state index is 11.7. The third-order valence-electron chi connectivity index (χ3n) is 2.25. The molecule has 0 saturated carbocycles. The monoisotopic (exact) mass is 287 g/mol. The van der Waals surface area contributed by atoms with E-state index in [2.05, 4.69) is 4.18 Å². The van der Waals surface area contributed by atoms with Gasteiger partial charge in [0, 0.05) is 24.1 Å². The van der Waals surface area contributed by atoms with E-state index < -0.39 is 15.0 Å². The molecule has 104 valence electrons. The van der Waals surface area contributed by atoms with Crippen molar-refractivity contribution >= 4 is 21.6 Å². The molecule has 1 aromatic rings. The molecule has 19 heavy (non-hydrogen) atoms. The highest BCUT2D eigenvalue weighted by atomic mass is 32.2. The van der Waals surface area contributed by atoms with E-state index in [4.69, 9.17) is 0 Å². The van der Waals surface area contributed by atoms with Crippen molar-refractivity contribution in [3.05, 3.63) is 39.9 Å². The van der Waals surface area contributed by atoms with Crippen LogP contribution in [0.15, 0.2) is 24.3 Å². The quantitative estimate of drug-likeness (QED) is 0.248. The van der Waals surface area contributed by atoms with E-state index >= 15 is 0 Å². The summed E-state index contributed by atoms with van der Waals surface area (Å²) in [4.78, 5) is 21.6. The molecule has 0 aliphatic heterocycles. The summed E-state index contributed by atoms with van der Waals surface area (Å²) in [6.45, 7) is -0.0580. The first-order valence-electron chi connectivity index (χ1n) is 5.41. The van der Waals surface area contributed by atoms with Gasteiger partial charge >= 0.3 is 0 Å². The van der Waals surface area contributed by atoms with Crippen molar-refractivity contribution in [3.8, 4) is 0 Å². The lowest BCUT2D eigenvalue weighted by Crippen LogP contribution is -2.06. The first kappa shape index (κ1) is 15.3. The third-order valence-corrected chi connectivity index (χ3v) is 2.84. The Bertz CT molecular complexity index is 563. The van der Waals surface area contributed by atoms with Gasteiger partial charge in [-0.15, -0.1) is 0 Å². The molecular weight excluding hydrogens is 274 g/mol. The van der Waals surface area contributed by atoms with Gasteiger partial charge in [-0.05, 0) is 18.6 Å². The van der Waals surface area contributed by atoms with E-state index in [1.165, 1.54) is 24.3 Å². The van der Waals surface area contributed by atoms with Crippen LogP contribution in [-0.2, 0) is 14.3 Å². The van der Waals surface area contributed by atoms with Gasteiger partial charge in [0.05, 0.1) is 17.8 Å². The van der Waals surface area contributed by atoms with Gasteiger partial charge in [-0.1, -0.05) is 0 Å². The zero-order valence-electron chi connectivity index (χ0n) is 10.2. The SMILES string of the molecule is CS(=O)(=O)OCCCC(=O)c1ccc([N+](=O)[O-])cc1. The number of rotatable bonds is 7. The van der Waals surface area contributed by atoms with Crippen LogP contribution < -0.4 is 0 Å². The van der Waals surface area contributed by atoms with Crippen LogP contribution in [0.25, 0.3) is 0 Å². The number of ketones is 1. The highest BCUT2D eigenvalue weighted by Crippen LogP contribution is 2.13. The van der Waals surface area contributed by atoms with E-state index in [-0.39, 0.29) is 30.9 Å². The molecule has 8 heteroatoms. The Morgan fingerprint density at radius 1 is 1.32 bits per heavy atom. The van der Waals surface area contributed by atoms with Crippen molar-refractivity contribution in [1.29, 1.82) is 0 Å². The van der Waals surface area contributed by atoms with Gasteiger partial charge in [0.1, 0.15) is 0 Å². The van der Waals surface area contributed by atoms with Crippen LogP contribution in [0.2, 0.25) is 0 Å². The topological polar surface area (TPSA) is 104 Å². The van der Waals surface area contributed by atoms with Crippen molar-refractivity contribution < 1.29 is 22.3 Å². The maximum Gasteiger partial charge on any atom is 0.269 e. The summed E-state index contributed by atoms with van der Waals surface area (Å²) < 4.78 is 25.8. The van der Waals surface area contributed by atoms with Crippen LogP contribution in [-0.4, -0.2) is 32.0 Å². The summed E-state index contributed by atoms with van der Waals surface area (Å²) >= 11 is 0. The molecule has 0 bridgehead atoms. The van der Waals surface area contributed by atoms with E-state index in [9.17, 15) is 23.3 Å². The van der Waals surface area contributed by atoms with Crippen molar-refractivity contribution in [3.63, 3.8) is 0 Å². The molecule has 0 amide bonds. The highest BCUT2D eigenvalue weighted by Gasteiger charge is 2.10. The zero-order valence-corrected chi connectivity index (χ0v) is 11.1. The van der Waals surface area contributed by atoms with Crippen LogP contribution in [0, 0.1) is 10.1 Å². The van der Waals surface area contributed by atoms with Gasteiger partial charge in [-0.2, -0.15) is 8.42 Å². The number of nitro groups is 1. The number of nitrogens with zero attached hydrogens (tertiary/aromatic N) is 1. The van der Waals surface area contributed by atoms with Crippen LogP contribution in [0.1, 0.15) is 23.2 Å². The number of carbonyl (C=O) groups excluding carboxylic acids is 1. The zero-order chi connectivity index (χ0) is 14.5. The van der Waals surface area contributed by atoms with E-state index in [1.54, 1.807) is 0 Å². The number of nitro benzene ring substituents is 1. The lowest BCUT2D eigenvalue weighted by Gasteiger charge is -2.02. The lowest BCUT2D eigenvalue weighted by atomic mass is 10.1. The van der Waals surface area contributed by atoms with Gasteiger partial charge in [-0.25, -0.2) is 0 Å². The van der Waals surface area contributed by atoms with Gasteiger partial charge < -0.3 is 0 Å². The molecule has 1 rings (SSSR count). The standard InChI is InChI=1S/C11H13NO6S/c1-19(16,17)18-8-2-3-11(13)9-4-6-10(7-5-9)12(14)15/h4-7H,2-3,8H2,1H3. The summed E-state index contributed by atoms with van der Waals surface area (Å²) in [5.41, 5.74) is 0.266. The van der Waals surface area contributed by atoms with Crippen molar-refractivity contribution in [2.45, 2.75) is 12.8 Å². The summed E-state index contributed by atoms with van der Waals surface area (Å²) in [6.07, 6.45) is 1.32. The fourth-order valence-corrected chi connectivity index (χ4v) is 1.78. The van der Waals surface area contributed by atoms with Crippen LogP contribution >= 0.6 is 0 Å². The lowest BCUT2D eigenvalue weighted by molar-refractivity contribution is -0.384. The van der Waals surface area contributed by atoms with Crippen LogP contribution in [0.4, 0.5) is 5.69 Å². The Kier molecular flexibility index (Phi) is 5.13. The molecular formula is C11H13NO6S. The van der Waals surface area contributed by atoms with Crippen LogP contribution in [0.3, 0.4) is 0 Å². The average Bonchev–Trinajstić information content (AvgIpc) is 2.33. The molecule has 0 atom stereocenters. The normalized spacial score (nSPS) is 11.2. The van der Waals surface area contributed by atoms with E-state index in [1.807, 2.05) is 0 Å². The second kappa shape index (κ2) is 6.39. The first-order valence-corrected chi connectivity index (χ1v) is 7.23. The molecule has 0 radical (unpaired) electrons. The molecule has 0 fully saturated rings. The predicted molar refractivity (Wildman–Crippen MR) is 67.5 cm³/mol. The maximum atomic E-state index is 11.7. The van der Waals surface area contributed by atoms with Gasteiger partial charge in [0.25, 0.3) is 15.8 Å². The van der Waals surface area contributed by atoms with Crippen LogP contribution in [0.5, 0.6) is 0 Å². The molecule has 0 saturated heterocycles. The van der Waals surface area contributed by atoms with Crippen molar-refractivity contribution in [2.24, 2.45) is 0 Å². The second-order valence-electron chi connectivity index (χ2n) is 3.86. The molecule has 0 N–H and O–H groups in total. The third kappa shape index (κ3) is 5.58. The second-order valence-corrected chi connectivity index (χ2v) is 5.50. The molecule has 1 aromatic carbocycles. The van der Waals surface area contributed by atoms with E-state index in [0.717, 1.165) is 6.26 Å². The number of non-ortho nitro benzene ring substituents is 1. The predicted octanol–water partition coefficient (Wildman–Crippen LogP) is 1.53. The Hall–Kier alpha value is -1.80. The minimum Gasteiger partial charge on any atom is -0.294 e. The van der Waals surface area contributed by atoms with Crippen molar-refractivity contribution in [1.82, 2.24) is 0 Å². The number of hydrogen-bond donors (Lipinski definition) is 0. The Labute approximate surface area is 110 Å². The highest BCUT2D eigenvalue weighted by molar-refractivity contribution is 7.85. The van der Waals surface area contributed by atoms with Gasteiger partial charge in [0.2, 0.25) is 0 Å². The first-order chi connectivity index (χ1) is 8.79. The number of Topliss-reactive ketones (excluding diaryl/α,β-unsaturated/α-hetero) is 1. The minimum atomic E-state index is -3.49. The van der Waals surface area contributed by atoms with E-state index in [0.29, 0.717) is 5.56 Å². The fourth-order valence-electron chi connectivity index (χ4n) is 1.36. The Morgan fingerprint density at radius 3 is 2.37 bits per heavy atom. The largest absolute Gasteiger partial charge is 0.294 e. The molecule has 0 aromatic heterocycles. The van der Waals surface area contributed by atoms with Crippen molar-refractivity contribution in [2.75, 3.05) is 12.9 Å². The molecule has 0 heterocycles. The molecule has 0 aliphatic rings. The molecule has 7 nitrogen and oxygen atoms in total. The fraction of sp³-hybridized carbons (Fsp3) is 0.364. The number of carbonyl (C=O) groups is 1. The molecule has 0 unspecified atom stereocenters. The summed E-state index contributed by atoms with van der Waals surface area (Å²) in [5.74, 6) is -0.216.